The molecule has 0 fully saturated rings. The van der Waals surface area contributed by atoms with Crippen LogP contribution in [0.1, 0.15) is 17.0 Å². The van der Waals surface area contributed by atoms with Crippen LogP contribution >= 0.6 is 34.9 Å². The van der Waals surface area contributed by atoms with E-state index in [1.807, 2.05) is 0 Å². The number of nitrogens with zero attached hydrogens (tertiary/aromatic N) is 3. The maximum atomic E-state index is 6.29. The fraction of sp³-hybridized carbons (Fsp3) is 0.286. The fourth-order valence-electron chi connectivity index (χ4n) is 2.34. The smallest absolute Gasteiger partial charge is 0.130 e. The third kappa shape index (κ3) is 2.50. The largest absolute Gasteiger partial charge is 0.378 e. The minimum absolute atomic E-state index is 0.529. The molecular formula is C14H14Cl2N4S. The van der Waals surface area contributed by atoms with Crippen molar-refractivity contribution in [1.82, 2.24) is 13.3 Å². The number of aromatic nitrogens is 3. The molecule has 3 rings (SSSR count). The van der Waals surface area contributed by atoms with Gasteiger partial charge in [0.1, 0.15) is 11.0 Å². The average molecular weight is 341 g/mol. The molecule has 2 aromatic heterocycles. The van der Waals surface area contributed by atoms with Crippen LogP contribution in [0.15, 0.2) is 12.1 Å². The van der Waals surface area contributed by atoms with Gasteiger partial charge in [0.2, 0.25) is 0 Å². The van der Waals surface area contributed by atoms with Crippen LogP contribution in [-0.4, -0.2) is 13.3 Å². The number of halogens is 2. The van der Waals surface area contributed by atoms with Crippen molar-refractivity contribution in [1.29, 1.82) is 0 Å². The van der Waals surface area contributed by atoms with Crippen LogP contribution in [0.25, 0.3) is 11.0 Å². The molecular weight excluding hydrogens is 327 g/mol. The van der Waals surface area contributed by atoms with Crippen molar-refractivity contribution >= 4 is 51.7 Å². The zero-order chi connectivity index (χ0) is 15.1. The highest BCUT2D eigenvalue weighted by atomic mass is 35.5. The summed E-state index contributed by atoms with van der Waals surface area (Å²) in [6.07, 6.45) is 0. The highest BCUT2D eigenvalue weighted by Crippen LogP contribution is 2.35. The van der Waals surface area contributed by atoms with Crippen molar-refractivity contribution < 1.29 is 0 Å². The monoisotopic (exact) mass is 340 g/mol. The van der Waals surface area contributed by atoms with Crippen LogP contribution in [0, 0.1) is 13.8 Å². The molecule has 0 saturated carbocycles. The van der Waals surface area contributed by atoms with Gasteiger partial charge in [-0.15, -0.1) is 0 Å². The van der Waals surface area contributed by atoms with Gasteiger partial charge in [0, 0.05) is 25.0 Å². The Balaban J connectivity index is 1.95. The van der Waals surface area contributed by atoms with Gasteiger partial charge in [0.25, 0.3) is 0 Å². The van der Waals surface area contributed by atoms with Gasteiger partial charge in [-0.3, -0.25) is 0 Å². The van der Waals surface area contributed by atoms with Crippen LogP contribution in [0.5, 0.6) is 0 Å². The van der Waals surface area contributed by atoms with Crippen LogP contribution < -0.4 is 5.32 Å². The molecule has 0 bridgehead atoms. The Bertz CT molecular complexity index is 822. The molecule has 2 heterocycles. The van der Waals surface area contributed by atoms with Crippen LogP contribution in [0.3, 0.4) is 0 Å². The first kappa shape index (κ1) is 14.6. The molecule has 0 saturated heterocycles. The number of aryl methyl sites for hydroxylation is 1. The Labute approximate surface area is 137 Å². The molecule has 1 aromatic carbocycles. The molecule has 1 N–H and O–H groups in total. The summed E-state index contributed by atoms with van der Waals surface area (Å²) < 4.78 is 10.7. The Morgan fingerprint density at radius 1 is 1.14 bits per heavy atom. The Kier molecular flexibility index (Phi) is 3.82. The third-order valence-corrected chi connectivity index (χ3v) is 4.89. The zero-order valence-corrected chi connectivity index (χ0v) is 14.2. The minimum Gasteiger partial charge on any atom is -0.378 e. The number of hydrogen-bond donors (Lipinski definition) is 1. The zero-order valence-electron chi connectivity index (χ0n) is 11.9. The van der Waals surface area contributed by atoms with Crippen LogP contribution in [0.2, 0.25) is 10.0 Å². The molecule has 110 valence electrons. The van der Waals surface area contributed by atoms with Gasteiger partial charge >= 0.3 is 0 Å². The molecule has 0 unspecified atom stereocenters. The third-order valence-electron chi connectivity index (χ3n) is 3.78. The van der Waals surface area contributed by atoms with E-state index in [1.165, 1.54) is 17.0 Å². The van der Waals surface area contributed by atoms with Crippen molar-refractivity contribution in [3.63, 3.8) is 0 Å². The van der Waals surface area contributed by atoms with Crippen molar-refractivity contribution in [2.75, 3.05) is 5.32 Å². The molecule has 7 heteroatoms. The molecule has 0 aliphatic heterocycles. The summed E-state index contributed by atoms with van der Waals surface area (Å²) in [5.74, 6) is 0. The van der Waals surface area contributed by atoms with Crippen molar-refractivity contribution in [2.24, 2.45) is 7.05 Å². The number of fused-ring (bicyclic) bond motifs is 1. The van der Waals surface area contributed by atoms with Gasteiger partial charge in [-0.05, 0) is 31.5 Å². The SMILES string of the molecule is Cc1cc(CNc2c(Cl)cc(Cl)c3nsnc23)c(C)n1C. The maximum absolute atomic E-state index is 6.29. The quantitative estimate of drug-likeness (QED) is 0.759. The molecule has 0 aliphatic carbocycles. The highest BCUT2D eigenvalue weighted by molar-refractivity contribution is 7.00. The van der Waals surface area contributed by atoms with E-state index in [1.54, 1.807) is 6.07 Å². The summed E-state index contributed by atoms with van der Waals surface area (Å²) in [6.45, 7) is 4.88. The fourth-order valence-corrected chi connectivity index (χ4v) is 3.52. The second-order valence-electron chi connectivity index (χ2n) is 4.99. The van der Waals surface area contributed by atoms with E-state index in [0.717, 1.165) is 22.9 Å². The van der Waals surface area contributed by atoms with E-state index in [-0.39, 0.29) is 0 Å². The first-order chi connectivity index (χ1) is 9.99. The van der Waals surface area contributed by atoms with Crippen LogP contribution in [-0.2, 0) is 13.6 Å². The first-order valence-corrected chi connectivity index (χ1v) is 7.93. The lowest BCUT2D eigenvalue weighted by molar-refractivity contribution is 0.837. The van der Waals surface area contributed by atoms with Gasteiger partial charge in [-0.2, -0.15) is 8.75 Å². The molecule has 21 heavy (non-hydrogen) atoms. The number of anilines is 1. The second kappa shape index (κ2) is 5.48. The topological polar surface area (TPSA) is 42.7 Å². The molecule has 0 amide bonds. The first-order valence-electron chi connectivity index (χ1n) is 6.45. The second-order valence-corrected chi connectivity index (χ2v) is 6.33. The van der Waals surface area contributed by atoms with Gasteiger partial charge in [0.05, 0.1) is 27.5 Å². The summed E-state index contributed by atoms with van der Waals surface area (Å²) in [5.41, 5.74) is 5.89. The van der Waals surface area contributed by atoms with Crippen molar-refractivity contribution in [3.8, 4) is 0 Å². The Morgan fingerprint density at radius 2 is 1.86 bits per heavy atom. The molecule has 4 nitrogen and oxygen atoms in total. The van der Waals surface area contributed by atoms with Gasteiger partial charge < -0.3 is 9.88 Å². The van der Waals surface area contributed by atoms with Crippen LogP contribution in [0.4, 0.5) is 5.69 Å². The summed E-state index contributed by atoms with van der Waals surface area (Å²) in [5, 5.41) is 4.46. The van der Waals surface area contributed by atoms with E-state index in [2.05, 4.69) is 45.6 Å². The highest BCUT2D eigenvalue weighted by Gasteiger charge is 2.14. The summed E-state index contributed by atoms with van der Waals surface area (Å²) >= 11 is 13.6. The minimum atomic E-state index is 0.529. The average Bonchev–Trinajstić information content (AvgIpc) is 3.01. The standard InChI is InChI=1S/C14H14Cl2N4S/c1-7-4-9(8(2)20(7)3)6-17-12-10(15)5-11(16)13-14(12)19-21-18-13/h4-5,17H,6H2,1-3H3. The lowest BCUT2D eigenvalue weighted by Crippen LogP contribution is -2.02. The lowest BCUT2D eigenvalue weighted by atomic mass is 10.2. The number of hydrogen-bond acceptors (Lipinski definition) is 4. The molecule has 3 aromatic rings. The van der Waals surface area contributed by atoms with Gasteiger partial charge in [-0.1, -0.05) is 23.2 Å². The van der Waals surface area contributed by atoms with E-state index in [0.29, 0.717) is 22.1 Å². The van der Waals surface area contributed by atoms with Crippen molar-refractivity contribution in [2.45, 2.75) is 20.4 Å². The van der Waals surface area contributed by atoms with E-state index in [9.17, 15) is 0 Å². The number of nitrogens with one attached hydrogen (secondary N) is 1. The molecule has 0 aliphatic rings. The predicted octanol–water partition coefficient (Wildman–Crippen LogP) is 4.57. The van der Waals surface area contributed by atoms with E-state index >= 15 is 0 Å². The normalized spacial score (nSPS) is 11.3. The number of rotatable bonds is 3. The molecule has 0 spiro atoms. The Hall–Kier alpha value is -1.30. The summed E-state index contributed by atoms with van der Waals surface area (Å²) in [6, 6.07) is 3.88. The van der Waals surface area contributed by atoms with E-state index in [4.69, 9.17) is 23.2 Å². The van der Waals surface area contributed by atoms with E-state index < -0.39 is 0 Å². The lowest BCUT2D eigenvalue weighted by Gasteiger charge is -2.10. The molecule has 0 atom stereocenters. The summed E-state index contributed by atoms with van der Waals surface area (Å²) in [4.78, 5) is 0. The maximum Gasteiger partial charge on any atom is 0.130 e. The summed E-state index contributed by atoms with van der Waals surface area (Å²) in [7, 11) is 2.06. The van der Waals surface area contributed by atoms with Crippen molar-refractivity contribution in [3.05, 3.63) is 39.1 Å². The van der Waals surface area contributed by atoms with Gasteiger partial charge in [0.15, 0.2) is 0 Å². The van der Waals surface area contributed by atoms with Gasteiger partial charge in [-0.25, -0.2) is 0 Å². The molecule has 0 radical (unpaired) electrons. The Morgan fingerprint density at radius 3 is 2.52 bits per heavy atom. The predicted molar refractivity (Wildman–Crippen MR) is 89.6 cm³/mol. The number of benzene rings is 1.